The fraction of sp³-hybridized carbons (Fsp3) is 1.00. The van der Waals surface area contributed by atoms with E-state index in [1.165, 1.54) is 6.92 Å². The Kier molecular flexibility index (Phi) is 5.15. The molecule has 0 aromatic heterocycles. The Bertz CT molecular complexity index is 454. The van der Waals surface area contributed by atoms with Crippen molar-refractivity contribution in [2.45, 2.75) is 26.4 Å². The fourth-order valence-electron chi connectivity index (χ4n) is 1.00. The minimum Gasteiger partial charge on any atom is -0.248 e. The van der Waals surface area contributed by atoms with Crippen LogP contribution >= 0.6 is 0 Å². The maximum atomic E-state index is 12.7. The number of halogens is 1. The first kappa shape index (κ1) is 17.7. The van der Waals surface area contributed by atoms with Gasteiger partial charge in [-0.15, -0.1) is 0 Å². The van der Waals surface area contributed by atoms with Crippen LogP contribution < -0.4 is 0 Å². The molecule has 2 heterocycles. The first-order valence-corrected chi connectivity index (χ1v) is 8.26. The summed E-state index contributed by atoms with van der Waals surface area (Å²) in [6.07, 6.45) is 0. The summed E-state index contributed by atoms with van der Waals surface area (Å²) in [4.78, 5) is 0. The van der Waals surface area contributed by atoms with Crippen molar-refractivity contribution in [3.63, 3.8) is 0 Å². The van der Waals surface area contributed by atoms with Crippen molar-refractivity contribution in [1.82, 2.24) is 0 Å². The third-order valence-electron chi connectivity index (χ3n) is 2.20. The monoisotopic (exact) mass is 336 g/mol. The van der Waals surface area contributed by atoms with Gasteiger partial charge in [0.25, 0.3) is 0 Å². The van der Waals surface area contributed by atoms with E-state index in [-0.39, 0.29) is 18.6 Å². The molecule has 0 unspecified atom stereocenters. The van der Waals surface area contributed by atoms with E-state index in [0.29, 0.717) is 0 Å². The van der Waals surface area contributed by atoms with Gasteiger partial charge in [0.05, 0.1) is 13.2 Å². The molecule has 0 N–H and O–H groups in total. The Morgan fingerprint density at radius 3 is 1.30 bits per heavy atom. The third kappa shape index (κ3) is 6.41. The van der Waals surface area contributed by atoms with E-state index in [9.17, 15) is 21.2 Å². The van der Waals surface area contributed by atoms with Crippen molar-refractivity contribution in [2.24, 2.45) is 5.41 Å². The standard InChI is InChI=1S/C5H10O4S.C4H7FO4S/c1-5(2)3-8-10(6,7)9-4-5;1-4(5)2-8-10(6,7)9-3-4/h3-4H2,1-2H3;2-3H2,1H3. The van der Waals surface area contributed by atoms with E-state index in [1.807, 2.05) is 13.8 Å². The van der Waals surface area contributed by atoms with Crippen LogP contribution in [0.15, 0.2) is 0 Å². The third-order valence-corrected chi connectivity index (χ3v) is 3.82. The number of alkyl halides is 1. The average Bonchev–Trinajstić information content (AvgIpc) is 2.30. The van der Waals surface area contributed by atoms with Crippen molar-refractivity contribution in [2.75, 3.05) is 26.4 Å². The molecule has 120 valence electrons. The first-order chi connectivity index (χ1) is 8.83. The zero-order valence-corrected chi connectivity index (χ0v) is 12.9. The molecule has 0 spiro atoms. The molecular weight excluding hydrogens is 319 g/mol. The molecule has 11 heteroatoms. The summed E-state index contributed by atoms with van der Waals surface area (Å²) in [7, 11) is -7.55. The number of hydrogen-bond donors (Lipinski definition) is 0. The number of hydrogen-bond acceptors (Lipinski definition) is 8. The van der Waals surface area contributed by atoms with Gasteiger partial charge in [-0.05, 0) is 6.92 Å². The smallest absolute Gasteiger partial charge is 0.248 e. The van der Waals surface area contributed by atoms with E-state index in [4.69, 9.17) is 0 Å². The molecule has 0 atom stereocenters. The second-order valence-corrected chi connectivity index (χ2v) is 8.02. The SMILES string of the molecule is CC1(C)COS(=O)(=O)OC1.CC1(F)COS(=O)(=O)OC1. The molecule has 2 saturated heterocycles. The largest absolute Gasteiger partial charge is 0.400 e. The average molecular weight is 336 g/mol. The summed E-state index contributed by atoms with van der Waals surface area (Å²) in [6, 6.07) is 0. The quantitative estimate of drug-likeness (QED) is 0.622. The van der Waals surface area contributed by atoms with Crippen molar-refractivity contribution in [3.05, 3.63) is 0 Å². The molecule has 0 amide bonds. The van der Waals surface area contributed by atoms with Gasteiger partial charge < -0.3 is 0 Å². The van der Waals surface area contributed by atoms with Gasteiger partial charge >= 0.3 is 20.8 Å². The van der Waals surface area contributed by atoms with Gasteiger partial charge in [-0.1, -0.05) is 13.8 Å². The van der Waals surface area contributed by atoms with Gasteiger partial charge in [-0.25, -0.2) is 21.1 Å². The molecule has 0 radical (unpaired) electrons. The minimum absolute atomic E-state index is 0.189. The van der Waals surface area contributed by atoms with Gasteiger partial charge in [-0.2, -0.15) is 16.8 Å². The van der Waals surface area contributed by atoms with Crippen LogP contribution in [0.3, 0.4) is 0 Å². The zero-order chi connectivity index (χ0) is 15.7. The minimum atomic E-state index is -3.89. The molecule has 0 bridgehead atoms. The van der Waals surface area contributed by atoms with Gasteiger partial charge in [-0.3, -0.25) is 0 Å². The van der Waals surface area contributed by atoms with E-state index in [2.05, 4.69) is 16.7 Å². The van der Waals surface area contributed by atoms with Crippen molar-refractivity contribution in [1.29, 1.82) is 0 Å². The molecule has 2 rings (SSSR count). The Labute approximate surface area is 117 Å². The van der Waals surface area contributed by atoms with E-state index in [0.717, 1.165) is 0 Å². The fourth-order valence-corrected chi connectivity index (χ4v) is 2.85. The Balaban J connectivity index is 0.000000200. The van der Waals surface area contributed by atoms with Gasteiger partial charge in [0.15, 0.2) is 5.67 Å². The summed E-state index contributed by atoms with van der Waals surface area (Å²) in [6.45, 7) is 4.44. The molecule has 0 aromatic carbocycles. The molecule has 8 nitrogen and oxygen atoms in total. The second-order valence-electron chi connectivity index (χ2n) is 5.44. The Morgan fingerprint density at radius 2 is 1.05 bits per heavy atom. The van der Waals surface area contributed by atoms with Crippen LogP contribution in [-0.2, 0) is 37.5 Å². The molecule has 20 heavy (non-hydrogen) atoms. The summed E-state index contributed by atoms with van der Waals surface area (Å²) in [5.74, 6) is 0. The topological polar surface area (TPSA) is 105 Å². The lowest BCUT2D eigenvalue weighted by Gasteiger charge is -2.27. The highest BCUT2D eigenvalue weighted by Crippen LogP contribution is 2.23. The maximum Gasteiger partial charge on any atom is 0.400 e. The van der Waals surface area contributed by atoms with Gasteiger partial charge in [0, 0.05) is 5.41 Å². The maximum absolute atomic E-state index is 12.7. The predicted octanol–water partition coefficient (Wildman–Crippen LogP) is 0.310. The lowest BCUT2D eigenvalue weighted by Crippen LogP contribution is -2.39. The second kappa shape index (κ2) is 5.81. The van der Waals surface area contributed by atoms with Crippen molar-refractivity contribution < 1.29 is 38.0 Å². The predicted molar refractivity (Wildman–Crippen MR) is 64.9 cm³/mol. The highest BCUT2D eigenvalue weighted by Gasteiger charge is 2.35. The van der Waals surface area contributed by atoms with Crippen LogP contribution in [-0.4, -0.2) is 48.9 Å². The molecule has 0 aliphatic carbocycles. The van der Waals surface area contributed by atoms with Crippen LogP contribution in [0.5, 0.6) is 0 Å². The molecule has 0 saturated carbocycles. The molecule has 2 fully saturated rings. The van der Waals surface area contributed by atoms with Crippen LogP contribution in [0.4, 0.5) is 4.39 Å². The Morgan fingerprint density at radius 1 is 0.750 bits per heavy atom. The lowest BCUT2D eigenvalue weighted by molar-refractivity contribution is 0.00710. The van der Waals surface area contributed by atoms with Crippen LogP contribution in [0.1, 0.15) is 20.8 Å². The summed E-state index contributed by atoms with van der Waals surface area (Å²) in [5.41, 5.74) is -1.88. The first-order valence-electron chi connectivity index (χ1n) is 5.59. The van der Waals surface area contributed by atoms with Crippen LogP contribution in [0, 0.1) is 5.41 Å². The lowest BCUT2D eigenvalue weighted by atomic mass is 9.97. The molecular formula is C9H17FO8S2. The van der Waals surface area contributed by atoms with Crippen LogP contribution in [0.25, 0.3) is 0 Å². The molecule has 0 aromatic rings. The van der Waals surface area contributed by atoms with E-state index < -0.39 is 39.7 Å². The van der Waals surface area contributed by atoms with E-state index >= 15 is 0 Å². The highest BCUT2D eigenvalue weighted by molar-refractivity contribution is 7.82. The summed E-state index contributed by atoms with van der Waals surface area (Å²) >= 11 is 0. The van der Waals surface area contributed by atoms with Gasteiger partial charge in [0.1, 0.15) is 13.2 Å². The number of rotatable bonds is 0. The van der Waals surface area contributed by atoms with E-state index in [1.54, 1.807) is 0 Å². The van der Waals surface area contributed by atoms with Gasteiger partial charge in [0.2, 0.25) is 0 Å². The normalized spacial score (nSPS) is 29.8. The van der Waals surface area contributed by atoms with Crippen LogP contribution in [0.2, 0.25) is 0 Å². The molecule has 2 aliphatic rings. The molecule has 2 aliphatic heterocycles. The van der Waals surface area contributed by atoms with Crippen molar-refractivity contribution in [3.8, 4) is 0 Å². The summed E-state index contributed by atoms with van der Waals surface area (Å²) < 4.78 is 71.3. The summed E-state index contributed by atoms with van der Waals surface area (Å²) in [5, 5.41) is 0. The zero-order valence-electron chi connectivity index (χ0n) is 11.3. The van der Waals surface area contributed by atoms with Crippen molar-refractivity contribution >= 4 is 20.8 Å². The Hall–Kier alpha value is -0.330. The highest BCUT2D eigenvalue weighted by atomic mass is 32.3.